The monoisotopic (exact) mass is 343 g/mol. The van der Waals surface area contributed by atoms with Gasteiger partial charge < -0.3 is 19.9 Å². The van der Waals surface area contributed by atoms with Crippen molar-refractivity contribution in [3.8, 4) is 0 Å². The Morgan fingerprint density at radius 3 is 2.80 bits per heavy atom. The normalized spacial score (nSPS) is 17.7. The maximum atomic E-state index is 12.7. The molecule has 1 aliphatic heterocycles. The minimum atomic E-state index is -0.503. The van der Waals surface area contributed by atoms with Crippen LogP contribution in [0.1, 0.15) is 37.7 Å². The molecule has 25 heavy (non-hydrogen) atoms. The molecule has 134 valence electrons. The molecule has 1 aromatic carbocycles. The summed E-state index contributed by atoms with van der Waals surface area (Å²) in [6.45, 7) is 7.37. The molecule has 1 fully saturated rings. The average Bonchev–Trinajstić information content (AvgIpc) is 3.17. The molecule has 2 heterocycles. The van der Waals surface area contributed by atoms with E-state index in [0.717, 1.165) is 17.3 Å². The molecule has 1 aromatic heterocycles. The third-order valence-corrected chi connectivity index (χ3v) is 4.27. The number of fused-ring (bicyclic) bond motifs is 1. The lowest BCUT2D eigenvalue weighted by Crippen LogP contribution is -2.36. The molecule has 2 aromatic rings. The number of aromatic nitrogens is 1. The minimum absolute atomic E-state index is 0.0102. The number of aromatic amines is 1. The number of benzene rings is 1. The van der Waals surface area contributed by atoms with E-state index in [2.05, 4.69) is 10.3 Å². The summed E-state index contributed by atoms with van der Waals surface area (Å²) < 4.78 is 5.24. The van der Waals surface area contributed by atoms with Gasteiger partial charge >= 0.3 is 6.09 Å². The third kappa shape index (κ3) is 4.32. The zero-order chi connectivity index (χ0) is 18.0. The second-order valence-corrected chi connectivity index (χ2v) is 7.56. The number of nitrogens with zero attached hydrogens (tertiary/aromatic N) is 1. The summed E-state index contributed by atoms with van der Waals surface area (Å²) in [6.07, 6.45) is 0.467. The van der Waals surface area contributed by atoms with Gasteiger partial charge in [-0.1, -0.05) is 18.2 Å². The summed E-state index contributed by atoms with van der Waals surface area (Å²) in [4.78, 5) is 29.4. The largest absolute Gasteiger partial charge is 0.444 e. The number of amides is 2. The van der Waals surface area contributed by atoms with Gasteiger partial charge in [0.25, 0.3) is 5.91 Å². The van der Waals surface area contributed by atoms with E-state index in [9.17, 15) is 9.59 Å². The second-order valence-electron chi connectivity index (χ2n) is 7.56. The Morgan fingerprint density at radius 1 is 1.32 bits per heavy atom. The number of para-hydroxylation sites is 1. The van der Waals surface area contributed by atoms with Crippen LogP contribution in [0.4, 0.5) is 4.79 Å². The lowest BCUT2D eigenvalue weighted by atomic mass is 10.1. The average molecular weight is 343 g/mol. The molecule has 6 nitrogen and oxygen atoms in total. The lowest BCUT2D eigenvalue weighted by Gasteiger charge is -2.21. The lowest BCUT2D eigenvalue weighted by molar-refractivity contribution is 0.0520. The summed E-state index contributed by atoms with van der Waals surface area (Å²) in [6, 6.07) is 9.74. The molecule has 3 rings (SSSR count). The molecule has 0 spiro atoms. The van der Waals surface area contributed by atoms with Gasteiger partial charge in [0.1, 0.15) is 11.3 Å². The van der Waals surface area contributed by atoms with Gasteiger partial charge in [0.05, 0.1) is 0 Å². The Labute approximate surface area is 147 Å². The molecule has 1 atom stereocenters. The SMILES string of the molecule is CC(C)(C)OC(=O)NCC1CCN(C(=O)c2cc3ccccc3[nH]2)C1. The van der Waals surface area contributed by atoms with Crippen molar-refractivity contribution in [3.63, 3.8) is 0 Å². The summed E-state index contributed by atoms with van der Waals surface area (Å²) in [5.41, 5.74) is 1.08. The topological polar surface area (TPSA) is 74.4 Å². The van der Waals surface area contributed by atoms with Crippen molar-refractivity contribution < 1.29 is 14.3 Å². The fourth-order valence-corrected chi connectivity index (χ4v) is 3.08. The first-order chi connectivity index (χ1) is 11.8. The Bertz CT molecular complexity index is 743. The number of H-pyrrole nitrogens is 1. The van der Waals surface area contributed by atoms with E-state index in [1.54, 1.807) is 0 Å². The molecule has 2 amide bonds. The summed E-state index contributed by atoms with van der Waals surface area (Å²) in [5.74, 6) is 0.261. The number of rotatable bonds is 3. The van der Waals surface area contributed by atoms with Crippen LogP contribution >= 0.6 is 0 Å². The van der Waals surface area contributed by atoms with Crippen molar-refractivity contribution in [2.75, 3.05) is 19.6 Å². The van der Waals surface area contributed by atoms with Crippen LogP contribution in [0.3, 0.4) is 0 Å². The van der Waals surface area contributed by atoms with Crippen LogP contribution in [0.5, 0.6) is 0 Å². The van der Waals surface area contributed by atoms with Crippen molar-refractivity contribution in [1.82, 2.24) is 15.2 Å². The molecule has 1 saturated heterocycles. The van der Waals surface area contributed by atoms with Crippen molar-refractivity contribution >= 4 is 22.9 Å². The van der Waals surface area contributed by atoms with E-state index < -0.39 is 11.7 Å². The summed E-state index contributed by atoms with van der Waals surface area (Å²) >= 11 is 0. The van der Waals surface area contributed by atoms with Gasteiger partial charge in [-0.25, -0.2) is 4.79 Å². The maximum Gasteiger partial charge on any atom is 0.407 e. The highest BCUT2D eigenvalue weighted by atomic mass is 16.6. The summed E-state index contributed by atoms with van der Waals surface area (Å²) in [5, 5.41) is 3.83. The molecular formula is C19H25N3O3. The van der Waals surface area contributed by atoms with Gasteiger partial charge in [0.2, 0.25) is 0 Å². The van der Waals surface area contributed by atoms with E-state index in [1.807, 2.05) is 56.0 Å². The number of carbonyl (C=O) groups is 2. The van der Waals surface area contributed by atoms with Crippen LogP contribution < -0.4 is 5.32 Å². The number of alkyl carbamates (subject to hydrolysis) is 1. The molecule has 2 N–H and O–H groups in total. The van der Waals surface area contributed by atoms with Gasteiger partial charge in [0.15, 0.2) is 0 Å². The zero-order valence-corrected chi connectivity index (χ0v) is 15.0. The molecular weight excluding hydrogens is 318 g/mol. The van der Waals surface area contributed by atoms with Crippen molar-refractivity contribution in [2.24, 2.45) is 5.92 Å². The van der Waals surface area contributed by atoms with E-state index >= 15 is 0 Å². The highest BCUT2D eigenvalue weighted by Crippen LogP contribution is 2.21. The first-order valence-electron chi connectivity index (χ1n) is 8.66. The molecule has 0 saturated carbocycles. The van der Waals surface area contributed by atoms with E-state index in [4.69, 9.17) is 4.74 Å². The minimum Gasteiger partial charge on any atom is -0.444 e. The zero-order valence-electron chi connectivity index (χ0n) is 15.0. The van der Waals surface area contributed by atoms with Crippen LogP contribution in [-0.2, 0) is 4.74 Å². The van der Waals surface area contributed by atoms with Gasteiger partial charge in [0, 0.05) is 30.5 Å². The van der Waals surface area contributed by atoms with E-state index in [-0.39, 0.29) is 11.8 Å². The number of ether oxygens (including phenoxy) is 1. The Kier molecular flexibility index (Phi) is 4.70. The Hall–Kier alpha value is -2.50. The number of likely N-dealkylation sites (tertiary alicyclic amines) is 1. The predicted octanol–water partition coefficient (Wildman–Crippen LogP) is 3.15. The highest BCUT2D eigenvalue weighted by molar-refractivity contribution is 5.98. The van der Waals surface area contributed by atoms with E-state index in [1.165, 1.54) is 0 Å². The van der Waals surface area contributed by atoms with Gasteiger partial charge in [-0.15, -0.1) is 0 Å². The van der Waals surface area contributed by atoms with Crippen molar-refractivity contribution in [3.05, 3.63) is 36.0 Å². The maximum absolute atomic E-state index is 12.7. The first-order valence-corrected chi connectivity index (χ1v) is 8.66. The van der Waals surface area contributed by atoms with Crippen LogP contribution in [0.2, 0.25) is 0 Å². The van der Waals surface area contributed by atoms with Crippen molar-refractivity contribution in [2.45, 2.75) is 32.8 Å². The third-order valence-electron chi connectivity index (χ3n) is 4.27. The van der Waals surface area contributed by atoms with Crippen LogP contribution in [0, 0.1) is 5.92 Å². The summed E-state index contributed by atoms with van der Waals surface area (Å²) in [7, 11) is 0. The first kappa shape index (κ1) is 17.3. The van der Waals surface area contributed by atoms with Gasteiger partial charge in [-0.2, -0.15) is 0 Å². The predicted molar refractivity (Wildman–Crippen MR) is 96.5 cm³/mol. The van der Waals surface area contributed by atoms with Crippen molar-refractivity contribution in [1.29, 1.82) is 0 Å². The Balaban J connectivity index is 1.53. The molecule has 0 radical (unpaired) electrons. The van der Waals surface area contributed by atoms with Crippen LogP contribution in [-0.4, -0.2) is 47.1 Å². The molecule has 6 heteroatoms. The van der Waals surface area contributed by atoms with E-state index in [0.29, 0.717) is 25.3 Å². The molecule has 0 aliphatic carbocycles. The number of nitrogens with one attached hydrogen (secondary N) is 2. The van der Waals surface area contributed by atoms with Crippen LogP contribution in [0.25, 0.3) is 10.9 Å². The molecule has 1 unspecified atom stereocenters. The molecule has 0 bridgehead atoms. The van der Waals surface area contributed by atoms with Gasteiger partial charge in [-0.3, -0.25) is 4.79 Å². The number of hydrogen-bond donors (Lipinski definition) is 2. The number of carbonyl (C=O) groups excluding carboxylic acids is 2. The second kappa shape index (κ2) is 6.78. The number of hydrogen-bond acceptors (Lipinski definition) is 3. The quantitative estimate of drug-likeness (QED) is 0.899. The Morgan fingerprint density at radius 2 is 2.08 bits per heavy atom. The molecule has 1 aliphatic rings. The smallest absolute Gasteiger partial charge is 0.407 e. The fourth-order valence-electron chi connectivity index (χ4n) is 3.08. The van der Waals surface area contributed by atoms with Gasteiger partial charge in [-0.05, 0) is 45.2 Å². The standard InChI is InChI=1S/C19H25N3O3/c1-19(2,3)25-18(24)20-11-13-8-9-22(12-13)17(23)16-10-14-6-4-5-7-15(14)21-16/h4-7,10,13,21H,8-9,11-12H2,1-3H3,(H,20,24). The van der Waals surface area contributed by atoms with Crippen LogP contribution in [0.15, 0.2) is 30.3 Å². The highest BCUT2D eigenvalue weighted by Gasteiger charge is 2.28. The fraction of sp³-hybridized carbons (Fsp3) is 0.474.